The summed E-state index contributed by atoms with van der Waals surface area (Å²) in [4.78, 5) is 10.8. The van der Waals surface area contributed by atoms with Gasteiger partial charge in [0.1, 0.15) is 5.75 Å². The molecule has 0 aliphatic rings. The molecule has 0 amide bonds. The van der Waals surface area contributed by atoms with Gasteiger partial charge in [0.2, 0.25) is 0 Å². The molecule has 0 atom stereocenters. The monoisotopic (exact) mass is 243 g/mol. The summed E-state index contributed by atoms with van der Waals surface area (Å²) < 4.78 is 0. The van der Waals surface area contributed by atoms with Crippen molar-refractivity contribution in [2.45, 2.75) is 6.54 Å². The predicted molar refractivity (Wildman–Crippen MR) is 68.8 cm³/mol. The maximum absolute atomic E-state index is 10.8. The first-order chi connectivity index (χ1) is 8.66. The van der Waals surface area contributed by atoms with E-state index in [1.54, 1.807) is 0 Å². The molecule has 0 saturated heterocycles. The zero-order valence-corrected chi connectivity index (χ0v) is 9.63. The van der Waals surface area contributed by atoms with Gasteiger partial charge in [0.05, 0.1) is 11.3 Å². The SMILES string of the molecule is O=C(O)c1ccc(O)c(NCc2ccccc2)c1. The summed E-state index contributed by atoms with van der Waals surface area (Å²) >= 11 is 0. The highest BCUT2D eigenvalue weighted by atomic mass is 16.4. The van der Waals surface area contributed by atoms with E-state index in [0.29, 0.717) is 12.2 Å². The van der Waals surface area contributed by atoms with Gasteiger partial charge < -0.3 is 15.5 Å². The van der Waals surface area contributed by atoms with E-state index in [9.17, 15) is 9.90 Å². The maximum Gasteiger partial charge on any atom is 0.335 e. The van der Waals surface area contributed by atoms with Crippen molar-refractivity contribution in [2.75, 3.05) is 5.32 Å². The Morgan fingerprint density at radius 2 is 1.83 bits per heavy atom. The lowest BCUT2D eigenvalue weighted by atomic mass is 10.1. The Labute approximate surface area is 105 Å². The Morgan fingerprint density at radius 1 is 1.11 bits per heavy atom. The predicted octanol–water partition coefficient (Wildman–Crippen LogP) is 2.70. The third kappa shape index (κ3) is 2.79. The van der Waals surface area contributed by atoms with Crippen LogP contribution in [0.25, 0.3) is 0 Å². The summed E-state index contributed by atoms with van der Waals surface area (Å²) in [5.41, 5.74) is 1.61. The van der Waals surface area contributed by atoms with Gasteiger partial charge in [-0.2, -0.15) is 0 Å². The number of carbonyl (C=O) groups is 1. The van der Waals surface area contributed by atoms with Gasteiger partial charge in [-0.3, -0.25) is 0 Å². The standard InChI is InChI=1S/C14H13NO3/c16-13-7-6-11(14(17)18)8-12(13)15-9-10-4-2-1-3-5-10/h1-8,15-16H,9H2,(H,17,18). The van der Waals surface area contributed by atoms with Gasteiger partial charge in [-0.1, -0.05) is 30.3 Å². The van der Waals surface area contributed by atoms with Crippen LogP contribution in [0.4, 0.5) is 5.69 Å². The molecule has 0 fully saturated rings. The number of phenols is 1. The highest BCUT2D eigenvalue weighted by Crippen LogP contribution is 2.24. The zero-order chi connectivity index (χ0) is 13.0. The van der Waals surface area contributed by atoms with Gasteiger partial charge in [-0.25, -0.2) is 4.79 Å². The maximum atomic E-state index is 10.8. The van der Waals surface area contributed by atoms with Crippen LogP contribution in [-0.2, 0) is 6.54 Å². The fourth-order valence-corrected chi connectivity index (χ4v) is 1.60. The molecule has 3 N–H and O–H groups in total. The van der Waals surface area contributed by atoms with Crippen LogP contribution in [0.3, 0.4) is 0 Å². The molecule has 0 heterocycles. The lowest BCUT2D eigenvalue weighted by Crippen LogP contribution is -2.02. The first kappa shape index (κ1) is 12.0. The molecular formula is C14H13NO3. The molecule has 2 rings (SSSR count). The highest BCUT2D eigenvalue weighted by molar-refractivity contribution is 5.89. The highest BCUT2D eigenvalue weighted by Gasteiger charge is 2.07. The molecule has 2 aromatic rings. The second-order valence-corrected chi connectivity index (χ2v) is 3.88. The van der Waals surface area contributed by atoms with E-state index in [1.807, 2.05) is 30.3 Å². The molecule has 0 spiro atoms. The van der Waals surface area contributed by atoms with Crippen molar-refractivity contribution in [1.82, 2.24) is 0 Å². The number of phenolic OH excluding ortho intramolecular Hbond substituents is 1. The lowest BCUT2D eigenvalue weighted by molar-refractivity contribution is 0.0697. The van der Waals surface area contributed by atoms with Crippen LogP contribution >= 0.6 is 0 Å². The summed E-state index contributed by atoms with van der Waals surface area (Å²) in [5, 5.41) is 21.5. The Balaban J connectivity index is 2.14. The second-order valence-electron chi connectivity index (χ2n) is 3.88. The first-order valence-corrected chi connectivity index (χ1v) is 5.51. The van der Waals surface area contributed by atoms with E-state index in [0.717, 1.165) is 5.56 Å². The number of hydrogen-bond acceptors (Lipinski definition) is 3. The van der Waals surface area contributed by atoms with Crippen LogP contribution in [0.5, 0.6) is 5.75 Å². The van der Waals surface area contributed by atoms with Crippen molar-refractivity contribution in [1.29, 1.82) is 0 Å². The third-order valence-corrected chi connectivity index (χ3v) is 2.57. The van der Waals surface area contributed by atoms with Crippen LogP contribution in [-0.4, -0.2) is 16.2 Å². The molecule has 0 aliphatic carbocycles. The molecule has 4 nitrogen and oxygen atoms in total. The molecule has 0 unspecified atom stereocenters. The van der Waals surface area contributed by atoms with Gasteiger partial charge in [0, 0.05) is 6.54 Å². The minimum absolute atomic E-state index is 0.0379. The summed E-state index contributed by atoms with van der Waals surface area (Å²) in [6.07, 6.45) is 0. The van der Waals surface area contributed by atoms with Crippen molar-refractivity contribution in [3.8, 4) is 5.75 Å². The number of carboxylic acid groups (broad SMARTS) is 1. The van der Waals surface area contributed by atoms with Crippen molar-refractivity contribution >= 4 is 11.7 Å². The molecule has 92 valence electrons. The van der Waals surface area contributed by atoms with Crippen LogP contribution in [0.2, 0.25) is 0 Å². The molecule has 0 saturated carbocycles. The Bertz CT molecular complexity index is 552. The molecule has 2 aromatic carbocycles. The van der Waals surface area contributed by atoms with Gasteiger partial charge in [0.25, 0.3) is 0 Å². The summed E-state index contributed by atoms with van der Waals surface area (Å²) in [5.74, 6) is -0.978. The fraction of sp³-hybridized carbons (Fsp3) is 0.0714. The average molecular weight is 243 g/mol. The van der Waals surface area contributed by atoms with E-state index in [4.69, 9.17) is 5.11 Å². The van der Waals surface area contributed by atoms with Crippen LogP contribution in [0.1, 0.15) is 15.9 Å². The van der Waals surface area contributed by atoms with Gasteiger partial charge >= 0.3 is 5.97 Å². The van der Waals surface area contributed by atoms with Crippen LogP contribution < -0.4 is 5.32 Å². The van der Waals surface area contributed by atoms with Crippen molar-refractivity contribution in [3.63, 3.8) is 0 Å². The number of aromatic hydroxyl groups is 1. The number of rotatable bonds is 4. The number of aromatic carboxylic acids is 1. The molecule has 0 radical (unpaired) electrons. The zero-order valence-electron chi connectivity index (χ0n) is 9.63. The molecule has 0 bridgehead atoms. The minimum Gasteiger partial charge on any atom is -0.506 e. The largest absolute Gasteiger partial charge is 0.506 e. The number of hydrogen-bond donors (Lipinski definition) is 3. The normalized spacial score (nSPS) is 10.0. The second kappa shape index (κ2) is 5.23. The van der Waals surface area contributed by atoms with E-state index >= 15 is 0 Å². The number of benzene rings is 2. The summed E-state index contributed by atoms with van der Waals surface area (Å²) in [7, 11) is 0. The number of nitrogens with one attached hydrogen (secondary N) is 1. The van der Waals surface area contributed by atoms with E-state index in [2.05, 4.69) is 5.32 Å². The number of anilines is 1. The van der Waals surface area contributed by atoms with Crippen LogP contribution in [0, 0.1) is 0 Å². The van der Waals surface area contributed by atoms with Crippen molar-refractivity contribution in [2.24, 2.45) is 0 Å². The first-order valence-electron chi connectivity index (χ1n) is 5.51. The van der Waals surface area contributed by atoms with E-state index in [-0.39, 0.29) is 11.3 Å². The molecule has 0 aliphatic heterocycles. The van der Waals surface area contributed by atoms with E-state index in [1.165, 1.54) is 18.2 Å². The molecule has 4 heteroatoms. The van der Waals surface area contributed by atoms with Gasteiger partial charge in [-0.15, -0.1) is 0 Å². The Morgan fingerprint density at radius 3 is 2.50 bits per heavy atom. The third-order valence-electron chi connectivity index (χ3n) is 2.57. The molecule has 18 heavy (non-hydrogen) atoms. The fourth-order valence-electron chi connectivity index (χ4n) is 1.60. The topological polar surface area (TPSA) is 69.6 Å². The van der Waals surface area contributed by atoms with Gasteiger partial charge in [-0.05, 0) is 23.8 Å². The smallest absolute Gasteiger partial charge is 0.335 e. The average Bonchev–Trinajstić information content (AvgIpc) is 2.38. The van der Waals surface area contributed by atoms with Crippen molar-refractivity contribution < 1.29 is 15.0 Å². The summed E-state index contributed by atoms with van der Waals surface area (Å²) in [6.45, 7) is 0.525. The molecular weight excluding hydrogens is 230 g/mol. The quantitative estimate of drug-likeness (QED) is 0.722. The Hall–Kier alpha value is -2.49. The number of carboxylic acids is 1. The van der Waals surface area contributed by atoms with Gasteiger partial charge in [0.15, 0.2) is 0 Å². The molecule has 0 aromatic heterocycles. The van der Waals surface area contributed by atoms with Crippen molar-refractivity contribution in [3.05, 3.63) is 59.7 Å². The minimum atomic E-state index is -1.02. The Kier molecular flexibility index (Phi) is 3.48. The van der Waals surface area contributed by atoms with Crippen LogP contribution in [0.15, 0.2) is 48.5 Å². The lowest BCUT2D eigenvalue weighted by Gasteiger charge is -2.09. The summed E-state index contributed by atoms with van der Waals surface area (Å²) in [6, 6.07) is 13.8. The van der Waals surface area contributed by atoms with E-state index < -0.39 is 5.97 Å².